The van der Waals surface area contributed by atoms with Crippen LogP contribution in [0.5, 0.6) is 0 Å². The van der Waals surface area contributed by atoms with E-state index in [4.69, 9.17) is 5.73 Å². The highest BCUT2D eigenvalue weighted by Gasteiger charge is 2.38. The summed E-state index contributed by atoms with van der Waals surface area (Å²) < 4.78 is 0. The minimum Gasteiger partial charge on any atom is -0.394 e. The Labute approximate surface area is 106 Å². The minimum atomic E-state index is -0.297. The van der Waals surface area contributed by atoms with Gasteiger partial charge in [0, 0.05) is 11.6 Å². The molecular weight excluding hydrogens is 212 g/mol. The van der Waals surface area contributed by atoms with E-state index in [0.29, 0.717) is 12.0 Å². The maximum Gasteiger partial charge on any atom is 0.0613 e. The lowest BCUT2D eigenvalue weighted by atomic mass is 9.86. The van der Waals surface area contributed by atoms with Gasteiger partial charge in [-0.3, -0.25) is 0 Å². The fourth-order valence-electron chi connectivity index (χ4n) is 3.08. The van der Waals surface area contributed by atoms with Crippen LogP contribution in [0.3, 0.4) is 0 Å². The fraction of sp³-hybridized carbons (Fsp3) is 1.00. The Morgan fingerprint density at radius 2 is 2.18 bits per heavy atom. The van der Waals surface area contributed by atoms with E-state index < -0.39 is 0 Å². The fourth-order valence-corrected chi connectivity index (χ4v) is 3.08. The number of aliphatic hydroxyl groups excluding tert-OH is 1. The van der Waals surface area contributed by atoms with Crippen LogP contribution in [0.1, 0.15) is 52.9 Å². The zero-order valence-electron chi connectivity index (χ0n) is 11.8. The Bertz CT molecular complexity index is 222. The van der Waals surface area contributed by atoms with Gasteiger partial charge in [-0.25, -0.2) is 0 Å². The summed E-state index contributed by atoms with van der Waals surface area (Å²) in [5.74, 6) is 0.505. The molecule has 3 N–H and O–H groups in total. The van der Waals surface area contributed by atoms with Gasteiger partial charge in [-0.05, 0) is 51.6 Å². The van der Waals surface area contributed by atoms with Crippen molar-refractivity contribution in [2.24, 2.45) is 11.7 Å². The van der Waals surface area contributed by atoms with Crippen molar-refractivity contribution < 1.29 is 5.11 Å². The third kappa shape index (κ3) is 3.67. The largest absolute Gasteiger partial charge is 0.394 e. The summed E-state index contributed by atoms with van der Waals surface area (Å²) in [6.45, 7) is 9.13. The van der Waals surface area contributed by atoms with Crippen LogP contribution in [0.2, 0.25) is 0 Å². The molecule has 0 amide bonds. The molecule has 3 nitrogen and oxygen atoms in total. The molecule has 1 rings (SSSR count). The number of aliphatic hydroxyl groups is 1. The van der Waals surface area contributed by atoms with Gasteiger partial charge in [0.1, 0.15) is 0 Å². The van der Waals surface area contributed by atoms with E-state index in [0.717, 1.165) is 25.9 Å². The van der Waals surface area contributed by atoms with Crippen LogP contribution in [0.25, 0.3) is 0 Å². The topological polar surface area (TPSA) is 49.5 Å². The zero-order chi connectivity index (χ0) is 12.9. The highest BCUT2D eigenvalue weighted by Crippen LogP contribution is 2.35. The van der Waals surface area contributed by atoms with E-state index >= 15 is 0 Å². The predicted octanol–water partition coefficient (Wildman–Crippen LogP) is 1.99. The Hall–Kier alpha value is -0.120. The van der Waals surface area contributed by atoms with Gasteiger partial charge < -0.3 is 15.7 Å². The molecule has 1 fully saturated rings. The van der Waals surface area contributed by atoms with Crippen LogP contribution >= 0.6 is 0 Å². The molecule has 0 saturated heterocycles. The summed E-state index contributed by atoms with van der Waals surface area (Å²) in [5.41, 5.74) is 5.97. The highest BCUT2D eigenvalue weighted by atomic mass is 16.3. The molecule has 0 heterocycles. The van der Waals surface area contributed by atoms with Gasteiger partial charge in [-0.1, -0.05) is 20.3 Å². The third-order valence-electron chi connectivity index (χ3n) is 4.69. The maximum absolute atomic E-state index is 9.43. The van der Waals surface area contributed by atoms with Crippen molar-refractivity contribution in [3.63, 3.8) is 0 Å². The number of nitrogens with zero attached hydrogens (tertiary/aromatic N) is 1. The Kier molecular flexibility index (Phi) is 5.90. The highest BCUT2D eigenvalue weighted by molar-refractivity contribution is 4.96. The third-order valence-corrected chi connectivity index (χ3v) is 4.69. The molecule has 1 aliphatic rings. The first-order valence-electron chi connectivity index (χ1n) is 7.21. The van der Waals surface area contributed by atoms with Crippen molar-refractivity contribution >= 4 is 0 Å². The maximum atomic E-state index is 9.43. The molecule has 0 aromatic carbocycles. The second-order valence-corrected chi connectivity index (χ2v) is 5.65. The summed E-state index contributed by atoms with van der Waals surface area (Å²) in [4.78, 5) is 2.52. The smallest absolute Gasteiger partial charge is 0.0613 e. The standard InChI is InChI=1S/C14H30N2O/c1-4-12(3)16(5-2)10-8-13-7-6-9-14(13,15)11-17/h12-13,17H,4-11,15H2,1-3H3. The van der Waals surface area contributed by atoms with Crippen LogP contribution in [-0.4, -0.2) is 41.3 Å². The van der Waals surface area contributed by atoms with E-state index in [1.54, 1.807) is 0 Å². The molecule has 0 aromatic rings. The average Bonchev–Trinajstić information content (AvgIpc) is 2.72. The number of rotatable bonds is 7. The van der Waals surface area contributed by atoms with Crippen LogP contribution in [0, 0.1) is 5.92 Å². The molecule has 0 spiro atoms. The van der Waals surface area contributed by atoms with Crippen molar-refractivity contribution in [2.75, 3.05) is 19.7 Å². The molecule has 1 aliphatic carbocycles. The molecular formula is C14H30N2O. The van der Waals surface area contributed by atoms with Gasteiger partial charge in [-0.2, -0.15) is 0 Å². The van der Waals surface area contributed by atoms with Gasteiger partial charge >= 0.3 is 0 Å². The van der Waals surface area contributed by atoms with Crippen molar-refractivity contribution in [1.82, 2.24) is 4.90 Å². The van der Waals surface area contributed by atoms with Crippen molar-refractivity contribution in [1.29, 1.82) is 0 Å². The first-order chi connectivity index (χ1) is 8.07. The molecule has 17 heavy (non-hydrogen) atoms. The molecule has 3 unspecified atom stereocenters. The molecule has 102 valence electrons. The van der Waals surface area contributed by atoms with Crippen molar-refractivity contribution in [3.05, 3.63) is 0 Å². The van der Waals surface area contributed by atoms with Crippen LogP contribution in [-0.2, 0) is 0 Å². The summed E-state index contributed by atoms with van der Waals surface area (Å²) in [5, 5.41) is 9.43. The normalized spacial score (nSPS) is 31.1. The lowest BCUT2D eigenvalue weighted by Crippen LogP contribution is -2.48. The Morgan fingerprint density at radius 3 is 2.71 bits per heavy atom. The number of hydrogen-bond donors (Lipinski definition) is 2. The van der Waals surface area contributed by atoms with Gasteiger partial charge in [0.25, 0.3) is 0 Å². The lowest BCUT2D eigenvalue weighted by molar-refractivity contribution is 0.135. The van der Waals surface area contributed by atoms with Crippen LogP contribution in [0.4, 0.5) is 0 Å². The quantitative estimate of drug-likeness (QED) is 0.718. The molecule has 0 aliphatic heterocycles. The number of nitrogens with two attached hydrogens (primary N) is 1. The SMILES string of the molecule is CCC(C)N(CC)CCC1CCCC1(N)CO. The van der Waals surface area contributed by atoms with Crippen LogP contribution < -0.4 is 5.73 Å². The molecule has 0 bridgehead atoms. The van der Waals surface area contributed by atoms with Crippen molar-refractivity contribution in [3.8, 4) is 0 Å². The van der Waals surface area contributed by atoms with Crippen LogP contribution in [0.15, 0.2) is 0 Å². The van der Waals surface area contributed by atoms with E-state index in [2.05, 4.69) is 25.7 Å². The van der Waals surface area contributed by atoms with Crippen molar-refractivity contribution in [2.45, 2.75) is 64.5 Å². The molecule has 3 heteroatoms. The molecule has 3 atom stereocenters. The van der Waals surface area contributed by atoms with E-state index in [1.165, 1.54) is 19.3 Å². The number of hydrogen-bond acceptors (Lipinski definition) is 3. The Morgan fingerprint density at radius 1 is 1.47 bits per heavy atom. The van der Waals surface area contributed by atoms with Gasteiger partial charge in [0.05, 0.1) is 6.61 Å². The van der Waals surface area contributed by atoms with Gasteiger partial charge in [0.2, 0.25) is 0 Å². The second-order valence-electron chi connectivity index (χ2n) is 5.65. The monoisotopic (exact) mass is 242 g/mol. The average molecular weight is 242 g/mol. The molecule has 0 radical (unpaired) electrons. The van der Waals surface area contributed by atoms with E-state index in [1.807, 2.05) is 0 Å². The minimum absolute atomic E-state index is 0.146. The summed E-state index contributed by atoms with van der Waals surface area (Å²) in [6, 6.07) is 0.655. The predicted molar refractivity (Wildman–Crippen MR) is 73.0 cm³/mol. The van der Waals surface area contributed by atoms with E-state index in [-0.39, 0.29) is 12.1 Å². The zero-order valence-corrected chi connectivity index (χ0v) is 11.8. The Balaban J connectivity index is 2.43. The summed E-state index contributed by atoms with van der Waals surface area (Å²) in [6.07, 6.45) is 5.69. The lowest BCUT2D eigenvalue weighted by Gasteiger charge is -2.33. The molecule has 0 aromatic heterocycles. The summed E-state index contributed by atoms with van der Waals surface area (Å²) >= 11 is 0. The first kappa shape index (κ1) is 14.9. The van der Waals surface area contributed by atoms with Gasteiger partial charge in [0.15, 0.2) is 0 Å². The second kappa shape index (κ2) is 6.72. The first-order valence-corrected chi connectivity index (χ1v) is 7.21. The molecule has 1 saturated carbocycles. The summed E-state index contributed by atoms with van der Waals surface area (Å²) in [7, 11) is 0. The van der Waals surface area contributed by atoms with E-state index in [9.17, 15) is 5.11 Å². The van der Waals surface area contributed by atoms with Gasteiger partial charge in [-0.15, -0.1) is 0 Å².